The van der Waals surface area contributed by atoms with Gasteiger partial charge in [0.1, 0.15) is 5.03 Å². The fourth-order valence-electron chi connectivity index (χ4n) is 1.03. The zero-order valence-electron chi connectivity index (χ0n) is 10.1. The highest BCUT2D eigenvalue weighted by Gasteiger charge is 2.33. The molecule has 18 heavy (non-hydrogen) atoms. The smallest absolute Gasteiger partial charge is 0.392 e. The summed E-state index contributed by atoms with van der Waals surface area (Å²) in [6, 6.07) is 0.879. The van der Waals surface area contributed by atoms with Gasteiger partial charge in [0.15, 0.2) is 5.69 Å². The minimum absolute atomic E-state index is 0.0925. The molecule has 2 N–H and O–H groups in total. The van der Waals surface area contributed by atoms with Gasteiger partial charge in [0.05, 0.1) is 6.10 Å². The number of aliphatic hydroxyl groups excluding tert-OH is 1. The Kier molecular flexibility index (Phi) is 4.80. The highest BCUT2D eigenvalue weighted by atomic mass is 32.2. The molecule has 0 saturated heterocycles. The molecule has 0 aliphatic rings. The molecular formula is C10H14F3N3OS. The fourth-order valence-corrected chi connectivity index (χ4v) is 1.93. The predicted molar refractivity (Wildman–Crippen MR) is 63.6 cm³/mol. The van der Waals surface area contributed by atoms with Gasteiger partial charge in [-0.25, -0.2) is 9.97 Å². The van der Waals surface area contributed by atoms with Crippen LogP contribution < -0.4 is 5.32 Å². The highest BCUT2D eigenvalue weighted by Crippen LogP contribution is 2.32. The van der Waals surface area contributed by atoms with E-state index in [0.717, 1.165) is 17.8 Å². The molecule has 0 radical (unpaired) electrons. The van der Waals surface area contributed by atoms with Crippen molar-refractivity contribution in [1.82, 2.24) is 9.97 Å². The second-order valence-corrected chi connectivity index (χ2v) is 5.12. The maximum Gasteiger partial charge on any atom is 0.433 e. The fraction of sp³-hybridized carbons (Fsp3) is 0.600. The summed E-state index contributed by atoms with van der Waals surface area (Å²) in [5.74, 6) is -0.0925. The van der Waals surface area contributed by atoms with E-state index in [4.69, 9.17) is 0 Å². The zero-order chi connectivity index (χ0) is 13.9. The van der Waals surface area contributed by atoms with Gasteiger partial charge in [0.2, 0.25) is 5.95 Å². The number of halogens is 3. The molecule has 4 nitrogen and oxygen atoms in total. The summed E-state index contributed by atoms with van der Waals surface area (Å²) in [6.07, 6.45) is -5.16. The van der Waals surface area contributed by atoms with E-state index < -0.39 is 18.0 Å². The van der Waals surface area contributed by atoms with E-state index >= 15 is 0 Å². The Hall–Kier alpha value is -1.02. The number of rotatable bonds is 4. The monoisotopic (exact) mass is 281 g/mol. The lowest BCUT2D eigenvalue weighted by Crippen LogP contribution is -2.16. The molecule has 1 aromatic rings. The second kappa shape index (κ2) is 5.75. The van der Waals surface area contributed by atoms with Crippen molar-refractivity contribution in [2.24, 2.45) is 0 Å². The van der Waals surface area contributed by atoms with Crippen LogP contribution in [-0.2, 0) is 6.18 Å². The van der Waals surface area contributed by atoms with Crippen LogP contribution in [0.5, 0.6) is 0 Å². The Labute approximate surface area is 107 Å². The molecule has 0 saturated carbocycles. The quantitative estimate of drug-likeness (QED) is 0.655. The molecule has 0 fully saturated rings. The average molecular weight is 281 g/mol. The average Bonchev–Trinajstić information content (AvgIpc) is 2.27. The van der Waals surface area contributed by atoms with Gasteiger partial charge < -0.3 is 10.4 Å². The van der Waals surface area contributed by atoms with Gasteiger partial charge >= 0.3 is 6.18 Å². The van der Waals surface area contributed by atoms with E-state index in [-0.39, 0.29) is 16.2 Å². The maximum absolute atomic E-state index is 12.6. The summed E-state index contributed by atoms with van der Waals surface area (Å²) in [6.45, 7) is 3.28. The van der Waals surface area contributed by atoms with Gasteiger partial charge in [-0.3, -0.25) is 0 Å². The topological polar surface area (TPSA) is 58.0 Å². The normalized spacial score (nSPS) is 15.3. The van der Waals surface area contributed by atoms with Crippen molar-refractivity contribution in [2.75, 3.05) is 12.4 Å². The molecule has 2 atom stereocenters. The number of aromatic nitrogens is 2. The summed E-state index contributed by atoms with van der Waals surface area (Å²) >= 11 is 1.07. The molecule has 1 aromatic heterocycles. The molecule has 2 unspecified atom stereocenters. The molecule has 0 aliphatic heterocycles. The Bertz CT molecular complexity index is 412. The Morgan fingerprint density at radius 3 is 2.39 bits per heavy atom. The summed E-state index contributed by atoms with van der Waals surface area (Å²) in [5, 5.41) is 11.7. The Morgan fingerprint density at radius 2 is 1.94 bits per heavy atom. The number of anilines is 1. The van der Waals surface area contributed by atoms with Gasteiger partial charge in [-0.1, -0.05) is 6.92 Å². The van der Waals surface area contributed by atoms with Crippen molar-refractivity contribution in [3.8, 4) is 0 Å². The Balaban J connectivity index is 3.05. The zero-order valence-corrected chi connectivity index (χ0v) is 10.9. The van der Waals surface area contributed by atoms with Crippen LogP contribution >= 0.6 is 11.8 Å². The summed E-state index contributed by atoms with van der Waals surface area (Å²) < 4.78 is 37.8. The van der Waals surface area contributed by atoms with Crippen molar-refractivity contribution in [2.45, 2.75) is 36.4 Å². The van der Waals surface area contributed by atoms with Crippen LogP contribution in [0.1, 0.15) is 19.5 Å². The minimum Gasteiger partial charge on any atom is -0.392 e. The van der Waals surface area contributed by atoms with Crippen molar-refractivity contribution in [3.63, 3.8) is 0 Å². The number of nitrogens with one attached hydrogen (secondary N) is 1. The third-order valence-corrected chi connectivity index (χ3v) is 3.42. The second-order valence-electron chi connectivity index (χ2n) is 3.73. The number of alkyl halides is 3. The SMILES string of the molecule is CNc1nc(SC(C)C(C)O)cc(C(F)(F)F)n1. The van der Waals surface area contributed by atoms with Gasteiger partial charge in [-0.15, -0.1) is 11.8 Å². The van der Waals surface area contributed by atoms with E-state index in [2.05, 4.69) is 15.3 Å². The number of aliphatic hydroxyl groups is 1. The molecule has 8 heteroatoms. The van der Waals surface area contributed by atoms with Crippen LogP contribution in [0.4, 0.5) is 19.1 Å². The van der Waals surface area contributed by atoms with E-state index in [9.17, 15) is 18.3 Å². The van der Waals surface area contributed by atoms with Crippen LogP contribution in [-0.4, -0.2) is 33.5 Å². The first-order valence-corrected chi connectivity index (χ1v) is 6.10. The standard InChI is InChI=1S/C10H14F3N3OS/c1-5(17)6(2)18-8-4-7(10(11,12)13)15-9(14-3)16-8/h4-6,17H,1-3H3,(H,14,15,16). The molecule has 0 bridgehead atoms. The van der Waals surface area contributed by atoms with E-state index in [1.54, 1.807) is 13.8 Å². The van der Waals surface area contributed by atoms with Gasteiger partial charge in [0, 0.05) is 18.4 Å². The van der Waals surface area contributed by atoms with Crippen LogP contribution in [0.15, 0.2) is 11.1 Å². The number of hydrogen-bond acceptors (Lipinski definition) is 5. The number of thioether (sulfide) groups is 1. The first kappa shape index (κ1) is 15.0. The highest BCUT2D eigenvalue weighted by molar-refractivity contribution is 7.99. The first-order valence-electron chi connectivity index (χ1n) is 5.22. The Morgan fingerprint density at radius 1 is 1.33 bits per heavy atom. The molecular weight excluding hydrogens is 267 g/mol. The van der Waals surface area contributed by atoms with E-state index in [1.165, 1.54) is 7.05 Å². The lowest BCUT2D eigenvalue weighted by molar-refractivity contribution is -0.141. The summed E-state index contributed by atoms with van der Waals surface area (Å²) in [5.41, 5.74) is -0.998. The van der Waals surface area contributed by atoms with Crippen LogP contribution in [0.2, 0.25) is 0 Å². The van der Waals surface area contributed by atoms with E-state index in [1.807, 2.05) is 0 Å². The summed E-state index contributed by atoms with van der Waals surface area (Å²) in [4.78, 5) is 7.27. The lowest BCUT2D eigenvalue weighted by Gasteiger charge is -2.15. The molecule has 102 valence electrons. The van der Waals surface area contributed by atoms with Crippen LogP contribution in [0.3, 0.4) is 0 Å². The molecule has 0 amide bonds. The molecule has 0 aromatic carbocycles. The van der Waals surface area contributed by atoms with Crippen molar-refractivity contribution in [1.29, 1.82) is 0 Å². The third-order valence-electron chi connectivity index (χ3n) is 2.20. The minimum atomic E-state index is -4.52. The molecule has 0 aliphatic carbocycles. The lowest BCUT2D eigenvalue weighted by atomic mass is 10.3. The third kappa shape index (κ3) is 4.02. The van der Waals surface area contributed by atoms with Crippen molar-refractivity contribution in [3.05, 3.63) is 11.8 Å². The van der Waals surface area contributed by atoms with E-state index in [0.29, 0.717) is 0 Å². The largest absolute Gasteiger partial charge is 0.433 e. The van der Waals surface area contributed by atoms with Crippen molar-refractivity contribution >= 4 is 17.7 Å². The number of nitrogens with zero attached hydrogens (tertiary/aromatic N) is 2. The molecule has 0 spiro atoms. The predicted octanol–water partition coefficient (Wildman–Crippen LogP) is 2.40. The van der Waals surface area contributed by atoms with Crippen LogP contribution in [0, 0.1) is 0 Å². The van der Waals surface area contributed by atoms with Crippen molar-refractivity contribution < 1.29 is 18.3 Å². The molecule has 1 rings (SSSR count). The number of hydrogen-bond donors (Lipinski definition) is 2. The first-order chi connectivity index (χ1) is 8.24. The van der Waals surface area contributed by atoms with Gasteiger partial charge in [-0.05, 0) is 6.92 Å². The van der Waals surface area contributed by atoms with Crippen LogP contribution in [0.25, 0.3) is 0 Å². The summed E-state index contributed by atoms with van der Waals surface area (Å²) in [7, 11) is 1.45. The molecule has 1 heterocycles. The van der Waals surface area contributed by atoms with Gasteiger partial charge in [-0.2, -0.15) is 13.2 Å². The maximum atomic E-state index is 12.6. The van der Waals surface area contributed by atoms with Gasteiger partial charge in [0.25, 0.3) is 0 Å².